The highest BCUT2D eigenvalue weighted by atomic mass is 16.6. The minimum Gasteiger partial charge on any atom is -0.480 e. The van der Waals surface area contributed by atoms with Crippen LogP contribution in [-0.2, 0) is 9.59 Å². The summed E-state index contributed by atoms with van der Waals surface area (Å²) in [5, 5.41) is 13.4. The van der Waals surface area contributed by atoms with Gasteiger partial charge in [0.1, 0.15) is 6.54 Å². The molecule has 25 heavy (non-hydrogen) atoms. The van der Waals surface area contributed by atoms with Crippen molar-refractivity contribution in [2.24, 2.45) is 0 Å². The molecule has 3 rings (SSSR count). The number of amides is 2. The fraction of sp³-hybridized carbons (Fsp3) is 0.188. The minimum absolute atomic E-state index is 0.0283. The van der Waals surface area contributed by atoms with E-state index in [2.05, 4.69) is 10.3 Å². The number of hydrogen-bond acceptors (Lipinski definition) is 6. The van der Waals surface area contributed by atoms with E-state index in [0.29, 0.717) is 17.0 Å². The second kappa shape index (κ2) is 6.56. The van der Waals surface area contributed by atoms with Crippen LogP contribution in [0.3, 0.4) is 0 Å². The van der Waals surface area contributed by atoms with E-state index in [1.54, 1.807) is 19.1 Å². The van der Waals surface area contributed by atoms with Crippen LogP contribution < -0.4 is 15.0 Å². The Kier molecular flexibility index (Phi) is 4.29. The maximum Gasteiger partial charge on any atom is 0.272 e. The lowest BCUT2D eigenvalue weighted by atomic mass is 10.2. The molecule has 2 aromatic rings. The molecule has 0 unspecified atom stereocenters. The Hall–Kier alpha value is -3.49. The predicted octanol–water partition coefficient (Wildman–Crippen LogP) is 1.66. The molecule has 1 aromatic heterocycles. The summed E-state index contributed by atoms with van der Waals surface area (Å²) in [6.07, 6.45) is 1.51. The number of fused-ring (bicyclic) bond motifs is 1. The molecule has 0 radical (unpaired) electrons. The van der Waals surface area contributed by atoms with Gasteiger partial charge in [-0.15, -0.1) is 0 Å². The van der Waals surface area contributed by atoms with Gasteiger partial charge in [0.25, 0.3) is 11.6 Å². The van der Waals surface area contributed by atoms with Crippen molar-refractivity contribution in [1.29, 1.82) is 0 Å². The highest BCUT2D eigenvalue weighted by Crippen LogP contribution is 2.29. The molecule has 1 aliphatic heterocycles. The molecule has 0 fully saturated rings. The quantitative estimate of drug-likeness (QED) is 0.667. The molecule has 1 aliphatic rings. The molecule has 9 nitrogen and oxygen atoms in total. The van der Waals surface area contributed by atoms with Crippen molar-refractivity contribution in [2.75, 3.05) is 23.4 Å². The minimum atomic E-state index is -0.490. The molecule has 0 bridgehead atoms. The van der Waals surface area contributed by atoms with Crippen molar-refractivity contribution in [2.45, 2.75) is 6.92 Å². The predicted molar refractivity (Wildman–Crippen MR) is 88.5 cm³/mol. The lowest BCUT2D eigenvalue weighted by Gasteiger charge is -2.27. The number of pyridine rings is 1. The molecular weight excluding hydrogens is 328 g/mol. The number of nitrogens with one attached hydrogen (secondary N) is 1. The average molecular weight is 342 g/mol. The van der Waals surface area contributed by atoms with Gasteiger partial charge in [-0.2, -0.15) is 0 Å². The summed E-state index contributed by atoms with van der Waals surface area (Å²) in [5.41, 5.74) is 0.812. The van der Waals surface area contributed by atoms with Gasteiger partial charge in [0.2, 0.25) is 5.91 Å². The van der Waals surface area contributed by atoms with Crippen LogP contribution in [-0.4, -0.2) is 34.9 Å². The summed E-state index contributed by atoms with van der Waals surface area (Å²) in [5.74, 6) is -0.101. The topological polar surface area (TPSA) is 115 Å². The van der Waals surface area contributed by atoms with Crippen LogP contribution in [0.5, 0.6) is 5.75 Å². The molecular formula is C16H14N4O5. The van der Waals surface area contributed by atoms with Crippen molar-refractivity contribution in [3.8, 4) is 5.75 Å². The number of nitrogens with zero attached hydrogens (tertiary/aromatic N) is 3. The highest BCUT2D eigenvalue weighted by molar-refractivity contribution is 6.04. The van der Waals surface area contributed by atoms with E-state index in [0.717, 1.165) is 0 Å². The van der Waals surface area contributed by atoms with Gasteiger partial charge in [0.05, 0.1) is 4.92 Å². The maximum absolute atomic E-state index is 12.3. The first-order valence-electron chi connectivity index (χ1n) is 7.39. The second-order valence-electron chi connectivity index (χ2n) is 5.40. The van der Waals surface area contributed by atoms with Crippen LogP contribution in [0.1, 0.15) is 5.56 Å². The van der Waals surface area contributed by atoms with Crippen LogP contribution in [0.15, 0.2) is 36.5 Å². The van der Waals surface area contributed by atoms with Crippen LogP contribution in [0, 0.1) is 17.0 Å². The summed E-state index contributed by atoms with van der Waals surface area (Å²) in [4.78, 5) is 39.9. The number of aromatic nitrogens is 1. The van der Waals surface area contributed by atoms with E-state index in [1.165, 1.54) is 29.3 Å². The van der Waals surface area contributed by atoms with Gasteiger partial charge in [-0.1, -0.05) is 0 Å². The van der Waals surface area contributed by atoms with Gasteiger partial charge in [-0.25, -0.2) is 4.98 Å². The summed E-state index contributed by atoms with van der Waals surface area (Å²) in [7, 11) is 0. The molecule has 1 N–H and O–H groups in total. The van der Waals surface area contributed by atoms with E-state index in [4.69, 9.17) is 4.74 Å². The Morgan fingerprint density at radius 1 is 1.44 bits per heavy atom. The van der Waals surface area contributed by atoms with E-state index in [1.807, 2.05) is 0 Å². The number of carbonyl (C=O) groups excluding carboxylic acids is 2. The number of rotatable bonds is 4. The fourth-order valence-electron chi connectivity index (χ4n) is 2.48. The number of nitro benzene ring substituents is 1. The zero-order valence-electron chi connectivity index (χ0n) is 13.3. The summed E-state index contributed by atoms with van der Waals surface area (Å²) in [6, 6.07) is 7.60. The first-order valence-corrected chi connectivity index (χ1v) is 7.39. The van der Waals surface area contributed by atoms with Crippen molar-refractivity contribution in [3.63, 3.8) is 0 Å². The third-order valence-corrected chi connectivity index (χ3v) is 3.64. The number of benzene rings is 1. The molecule has 0 saturated heterocycles. The third kappa shape index (κ3) is 3.39. The van der Waals surface area contributed by atoms with Gasteiger partial charge in [-0.3, -0.25) is 24.6 Å². The molecule has 0 saturated carbocycles. The first kappa shape index (κ1) is 16.4. The Morgan fingerprint density at radius 2 is 2.24 bits per heavy atom. The summed E-state index contributed by atoms with van der Waals surface area (Å²) >= 11 is 0. The smallest absolute Gasteiger partial charge is 0.272 e. The Morgan fingerprint density at radius 3 is 2.96 bits per heavy atom. The maximum atomic E-state index is 12.3. The van der Waals surface area contributed by atoms with Crippen molar-refractivity contribution in [1.82, 2.24) is 4.98 Å². The van der Waals surface area contributed by atoms with E-state index in [-0.39, 0.29) is 30.6 Å². The molecule has 2 amide bonds. The number of ether oxygens (including phenoxy) is 1. The van der Waals surface area contributed by atoms with Crippen molar-refractivity contribution in [3.05, 3.63) is 52.2 Å². The molecule has 2 heterocycles. The zero-order valence-corrected chi connectivity index (χ0v) is 13.3. The molecule has 1 aromatic carbocycles. The molecule has 0 atom stereocenters. The second-order valence-corrected chi connectivity index (χ2v) is 5.40. The number of aryl methyl sites for hydroxylation is 1. The highest BCUT2D eigenvalue weighted by Gasteiger charge is 2.28. The fourth-order valence-corrected chi connectivity index (χ4v) is 2.48. The first-order chi connectivity index (χ1) is 12.0. The van der Waals surface area contributed by atoms with E-state index >= 15 is 0 Å². The number of nitro groups is 1. The van der Waals surface area contributed by atoms with Crippen molar-refractivity contribution < 1.29 is 19.2 Å². The third-order valence-electron chi connectivity index (χ3n) is 3.64. The van der Waals surface area contributed by atoms with Crippen molar-refractivity contribution >= 4 is 29.0 Å². The largest absolute Gasteiger partial charge is 0.480 e. The van der Waals surface area contributed by atoms with Crippen LogP contribution >= 0.6 is 0 Å². The van der Waals surface area contributed by atoms with Gasteiger partial charge in [-0.05, 0) is 31.2 Å². The average Bonchev–Trinajstić information content (AvgIpc) is 2.57. The Labute approximate surface area is 142 Å². The Balaban J connectivity index is 1.74. The molecule has 0 aliphatic carbocycles. The zero-order chi connectivity index (χ0) is 18.0. The number of anilines is 2. The normalized spacial score (nSPS) is 13.0. The van der Waals surface area contributed by atoms with E-state index < -0.39 is 10.8 Å². The van der Waals surface area contributed by atoms with Crippen LogP contribution in [0.4, 0.5) is 17.2 Å². The van der Waals surface area contributed by atoms with Gasteiger partial charge < -0.3 is 10.1 Å². The molecule has 128 valence electrons. The van der Waals surface area contributed by atoms with Crippen LogP contribution in [0.2, 0.25) is 0 Å². The lowest BCUT2D eigenvalue weighted by Crippen LogP contribution is -2.43. The molecule has 9 heteroatoms. The lowest BCUT2D eigenvalue weighted by molar-refractivity contribution is -0.385. The Bertz CT molecular complexity index is 867. The van der Waals surface area contributed by atoms with Gasteiger partial charge in [0.15, 0.2) is 18.2 Å². The van der Waals surface area contributed by atoms with E-state index in [9.17, 15) is 19.7 Å². The number of carbonyl (C=O) groups is 2. The molecule has 0 spiro atoms. The standard InChI is InChI=1S/C16H14N4O5/c1-10-7-11(4-5-12(10)20(23)24)18-14(21)8-19-15(22)9-25-13-3-2-6-17-16(13)19/h2-7H,8-9H2,1H3,(H,18,21). The van der Waals surface area contributed by atoms with Gasteiger partial charge in [0, 0.05) is 23.5 Å². The number of hydrogen-bond donors (Lipinski definition) is 1. The monoisotopic (exact) mass is 342 g/mol. The summed E-state index contributed by atoms with van der Waals surface area (Å²) in [6.45, 7) is 1.18. The van der Waals surface area contributed by atoms with Gasteiger partial charge >= 0.3 is 0 Å². The SMILES string of the molecule is Cc1cc(NC(=O)CN2C(=O)COc3cccnc32)ccc1[N+](=O)[O-]. The summed E-state index contributed by atoms with van der Waals surface area (Å²) < 4.78 is 5.27. The van der Waals surface area contributed by atoms with Crippen LogP contribution in [0.25, 0.3) is 0 Å².